The number of aliphatic hydroxyl groups excluding tert-OH is 2. The van der Waals surface area contributed by atoms with Gasteiger partial charge in [0.05, 0.1) is 48.7 Å². The minimum Gasteiger partial charge on any atom is -0.481 e. The number of rotatable bonds is 13. The summed E-state index contributed by atoms with van der Waals surface area (Å²) in [6, 6.07) is 18.5. The number of carbonyl (C=O) groups is 10. The number of aliphatic hydroxyl groups is 2. The van der Waals surface area contributed by atoms with E-state index in [2.05, 4.69) is 25.9 Å². The van der Waals surface area contributed by atoms with E-state index >= 15 is 0 Å². The van der Waals surface area contributed by atoms with E-state index in [0.717, 1.165) is 16.4 Å². The summed E-state index contributed by atoms with van der Waals surface area (Å²) >= 11 is 0. The number of ketones is 5. The highest BCUT2D eigenvalue weighted by molar-refractivity contribution is 8.76. The summed E-state index contributed by atoms with van der Waals surface area (Å²) in [5.74, 6) is -11.6. The first-order chi connectivity index (χ1) is 39.3. The zero-order valence-electron chi connectivity index (χ0n) is 46.4. The summed E-state index contributed by atoms with van der Waals surface area (Å²) in [7, 11) is 2.69. The molecule has 19 nitrogen and oxygen atoms in total. The molecular formula is C61H74N6O13S2. The molecule has 0 bridgehead atoms. The van der Waals surface area contributed by atoms with Crippen LogP contribution in [0.1, 0.15) is 95.2 Å². The van der Waals surface area contributed by atoms with Crippen molar-refractivity contribution in [2.24, 2.45) is 29.6 Å². The van der Waals surface area contributed by atoms with E-state index in [0.29, 0.717) is 53.6 Å². The normalized spacial score (nSPS) is 25.4. The lowest BCUT2D eigenvalue weighted by Gasteiger charge is -2.29. The number of H-pyrrole nitrogens is 2. The van der Waals surface area contributed by atoms with Crippen LogP contribution in [0, 0.1) is 29.6 Å². The van der Waals surface area contributed by atoms with Gasteiger partial charge in [0.1, 0.15) is 5.78 Å². The molecule has 2 saturated heterocycles. The molecule has 21 heteroatoms. The third-order valence-corrected chi connectivity index (χ3v) is 18.4. The summed E-state index contributed by atoms with van der Waals surface area (Å²) in [6.07, 6.45) is 0.173. The number of carboxylic acids is 1. The number of Topliss-reactive ketones (excluding diaryl/α,β-unsaturated/α-hetero) is 5. The van der Waals surface area contributed by atoms with Gasteiger partial charge in [0.15, 0.2) is 23.1 Å². The van der Waals surface area contributed by atoms with Crippen molar-refractivity contribution in [1.29, 1.82) is 0 Å². The minimum atomic E-state index is -1.54. The number of aromatic amines is 2. The van der Waals surface area contributed by atoms with E-state index in [-0.39, 0.29) is 55.3 Å². The Morgan fingerprint density at radius 2 is 1.20 bits per heavy atom. The molecule has 2 aromatic heterocycles. The van der Waals surface area contributed by atoms with Gasteiger partial charge in [0.25, 0.3) is 0 Å². The average molecular weight is 1160 g/mol. The predicted molar refractivity (Wildman–Crippen MR) is 312 cm³/mol. The monoisotopic (exact) mass is 1160 g/mol. The van der Waals surface area contributed by atoms with Gasteiger partial charge in [0, 0.05) is 109 Å². The molecule has 4 amide bonds. The second-order valence-electron chi connectivity index (χ2n) is 21.7. The van der Waals surface area contributed by atoms with E-state index < -0.39 is 133 Å². The van der Waals surface area contributed by atoms with Crippen molar-refractivity contribution in [1.82, 2.24) is 30.8 Å². The van der Waals surface area contributed by atoms with Crippen LogP contribution < -0.4 is 16.0 Å². The number of nitrogens with one attached hydrogen (secondary N) is 5. The smallest absolute Gasteiger partial charge is 0.303 e. The Bertz CT molecular complexity index is 3110. The number of aromatic nitrogens is 2. The Morgan fingerprint density at radius 3 is 1.82 bits per heavy atom. The van der Waals surface area contributed by atoms with E-state index in [4.69, 9.17) is 0 Å². The fourth-order valence-electron chi connectivity index (χ4n) is 10.9. The standard InChI is InChI=1S/C61H74N6O13S2/c1-4-38-33-81-82-34-43(35(2)69)28-54(72)50(23-37-13-6-5-7-14-37)66-60(79)46(36(3)70)29-55(73)51(25-41-31-63-48-18-11-9-16-45(41)48)65-59(78)42(32-68)27-53(71)49(20-21-57(75)76)64-58(77)39(24-40-30-62-47-17-10-8-15-44(40)47)26-56(74)52-19-12-22-67(52)61(38)80/h5-11,13-18,30-31,36,38-39,42-43,46,49-52,62-63,68,70H,4,12,19-29,32-34H2,1-3H3,(H,64,77)(H,65,78)(H,66,79)(H,75,76)/t36-,38+,39-,42+,43+,46+,49+,50+,51+,52+/m1/s1. The van der Waals surface area contributed by atoms with Gasteiger partial charge in [-0.1, -0.05) is 95.2 Å². The number of carboxylic acid groups (broad SMARTS) is 1. The second kappa shape index (κ2) is 29.9. The van der Waals surface area contributed by atoms with Gasteiger partial charge in [-0.05, 0) is 81.2 Å². The molecule has 0 aliphatic carbocycles. The molecule has 5 aromatic rings. The van der Waals surface area contributed by atoms with Crippen molar-refractivity contribution in [3.05, 3.63) is 108 Å². The molecule has 0 unspecified atom stereocenters. The van der Waals surface area contributed by atoms with Crippen LogP contribution in [0.2, 0.25) is 0 Å². The molecule has 10 atom stereocenters. The van der Waals surface area contributed by atoms with E-state index in [1.807, 2.05) is 37.3 Å². The number of para-hydroxylation sites is 2. The fourth-order valence-corrected chi connectivity index (χ4v) is 13.7. The van der Waals surface area contributed by atoms with Crippen molar-refractivity contribution < 1.29 is 63.3 Å². The maximum atomic E-state index is 14.7. The fraction of sp³-hybridized carbons (Fsp3) is 0.475. The highest BCUT2D eigenvalue weighted by atomic mass is 33.1. The SMILES string of the molecule is CC[C@H]1CSSC[C@@H](C(C)=O)CC(=O)[C@H](Cc2ccccc2)NC(=O)[C@H]([C@@H](C)O)CC(=O)[C@H](Cc2c[nH]c3ccccc23)NC(=O)[C@H](CO)CC(=O)[C@H](CCC(=O)O)NC(=O)[C@H](Cc2c[nH]c3ccccc23)CC(=O)[C@@H]2CCCN2C1=O. The maximum Gasteiger partial charge on any atom is 0.303 e. The number of carbonyl (C=O) groups excluding carboxylic acids is 9. The van der Waals surface area contributed by atoms with Crippen molar-refractivity contribution in [3.8, 4) is 0 Å². The van der Waals surface area contributed by atoms with Gasteiger partial charge in [-0.3, -0.25) is 47.9 Å². The highest BCUT2D eigenvalue weighted by Gasteiger charge is 2.40. The van der Waals surface area contributed by atoms with Gasteiger partial charge in [-0.15, -0.1) is 0 Å². The summed E-state index contributed by atoms with van der Waals surface area (Å²) in [5.41, 5.74) is 3.46. The van der Waals surface area contributed by atoms with E-state index in [9.17, 15) is 63.3 Å². The number of benzene rings is 3. The number of fused-ring (bicyclic) bond motifs is 3. The molecule has 0 saturated carbocycles. The molecule has 8 N–H and O–H groups in total. The number of aliphatic carboxylic acids is 1. The summed E-state index contributed by atoms with van der Waals surface area (Å²) in [6.45, 7) is 3.95. The van der Waals surface area contributed by atoms with Crippen LogP contribution in [0.3, 0.4) is 0 Å². The van der Waals surface area contributed by atoms with Crippen LogP contribution in [0.5, 0.6) is 0 Å². The van der Waals surface area contributed by atoms with Gasteiger partial charge >= 0.3 is 5.97 Å². The zero-order valence-corrected chi connectivity index (χ0v) is 48.1. The van der Waals surface area contributed by atoms with Crippen molar-refractivity contribution in [3.63, 3.8) is 0 Å². The Balaban J connectivity index is 1.24. The lowest BCUT2D eigenvalue weighted by atomic mass is 9.88. The third-order valence-electron chi connectivity index (χ3n) is 15.9. The molecular weight excluding hydrogens is 1090 g/mol. The third kappa shape index (κ3) is 16.6. The first kappa shape index (κ1) is 62.7. The largest absolute Gasteiger partial charge is 0.481 e. The highest BCUT2D eigenvalue weighted by Crippen LogP contribution is 2.33. The summed E-state index contributed by atoms with van der Waals surface area (Å²) in [4.78, 5) is 149. The van der Waals surface area contributed by atoms with Crippen LogP contribution in [0.25, 0.3) is 21.8 Å². The predicted octanol–water partition coefficient (Wildman–Crippen LogP) is 5.67. The molecule has 0 radical (unpaired) electrons. The van der Waals surface area contributed by atoms with Gasteiger partial charge in [0.2, 0.25) is 23.6 Å². The molecule has 0 spiro atoms. The average Bonchev–Trinajstić information content (AvgIpc) is 4.24. The maximum absolute atomic E-state index is 14.7. The van der Waals surface area contributed by atoms with Crippen LogP contribution >= 0.6 is 21.6 Å². The Labute approximate surface area is 484 Å². The summed E-state index contributed by atoms with van der Waals surface area (Å²) in [5, 5.41) is 41.4. The second-order valence-corrected chi connectivity index (χ2v) is 24.3. The first-order valence-electron chi connectivity index (χ1n) is 28.1. The van der Waals surface area contributed by atoms with E-state index in [1.54, 1.807) is 65.8 Å². The zero-order chi connectivity index (χ0) is 59.0. The molecule has 2 aliphatic heterocycles. The first-order valence-corrected chi connectivity index (χ1v) is 30.6. The number of hydrogen-bond acceptors (Lipinski definition) is 14. The molecule has 2 aliphatic rings. The quantitative estimate of drug-likeness (QED) is 0.0659. The number of amides is 4. The molecule has 2 fully saturated rings. The Hall–Kier alpha value is -6.94. The van der Waals surface area contributed by atoms with Gasteiger partial charge < -0.3 is 46.1 Å². The lowest BCUT2D eigenvalue weighted by Crippen LogP contribution is -2.51. The summed E-state index contributed by atoms with van der Waals surface area (Å²) < 4.78 is 0. The molecule has 4 heterocycles. The van der Waals surface area contributed by atoms with Crippen LogP contribution in [0.15, 0.2) is 91.3 Å². The van der Waals surface area contributed by atoms with Crippen LogP contribution in [-0.4, -0.2) is 144 Å². The molecule has 7 rings (SSSR count). The van der Waals surface area contributed by atoms with Crippen molar-refractivity contribution in [2.45, 2.75) is 128 Å². The van der Waals surface area contributed by atoms with Crippen molar-refractivity contribution in [2.75, 3.05) is 24.7 Å². The number of hydrogen-bond donors (Lipinski definition) is 8. The molecule has 438 valence electrons. The minimum absolute atomic E-state index is 0.0131. The molecule has 82 heavy (non-hydrogen) atoms. The van der Waals surface area contributed by atoms with Gasteiger partial charge in [-0.2, -0.15) is 0 Å². The lowest BCUT2D eigenvalue weighted by molar-refractivity contribution is -0.141. The van der Waals surface area contributed by atoms with Crippen LogP contribution in [-0.2, 0) is 67.2 Å². The topological polar surface area (TPSA) is 302 Å². The Kier molecular flexibility index (Phi) is 22.8. The number of nitrogens with zero attached hydrogens (tertiary/aromatic N) is 1. The van der Waals surface area contributed by atoms with Crippen molar-refractivity contribution >= 4 is 102 Å². The molecule has 3 aromatic carbocycles. The van der Waals surface area contributed by atoms with Gasteiger partial charge in [-0.25, -0.2) is 0 Å². The van der Waals surface area contributed by atoms with E-state index in [1.165, 1.54) is 35.4 Å². The Morgan fingerprint density at radius 1 is 0.646 bits per heavy atom. The van der Waals surface area contributed by atoms with Crippen LogP contribution in [0.4, 0.5) is 0 Å².